The monoisotopic (exact) mass is 303 g/mol. The summed E-state index contributed by atoms with van der Waals surface area (Å²) in [7, 11) is -3.32. The van der Waals surface area contributed by atoms with Crippen LogP contribution in [0.2, 0.25) is 0 Å². The van der Waals surface area contributed by atoms with Gasteiger partial charge in [0.1, 0.15) is 0 Å². The number of nitrogens with two attached hydrogens (primary N) is 1. The van der Waals surface area contributed by atoms with Crippen LogP contribution in [0.25, 0.3) is 0 Å². The van der Waals surface area contributed by atoms with E-state index in [-0.39, 0.29) is 11.8 Å². The van der Waals surface area contributed by atoms with Crippen molar-refractivity contribution in [2.75, 3.05) is 0 Å². The van der Waals surface area contributed by atoms with Gasteiger partial charge < -0.3 is 5.73 Å². The molecule has 2 aromatic carbocycles. The van der Waals surface area contributed by atoms with Crippen LogP contribution in [-0.4, -0.2) is 14.5 Å². The molecule has 3 nitrogen and oxygen atoms in total. The molecule has 0 bridgehead atoms. The molecule has 0 aliphatic carbocycles. The number of hydrogen-bond acceptors (Lipinski definition) is 3. The van der Waals surface area contributed by atoms with E-state index in [0.29, 0.717) is 11.3 Å². The summed E-state index contributed by atoms with van der Waals surface area (Å²) in [6.45, 7) is 2.04. The van der Waals surface area contributed by atoms with Crippen LogP contribution in [0.4, 0.5) is 0 Å². The van der Waals surface area contributed by atoms with Crippen LogP contribution in [0.3, 0.4) is 0 Å². The average Bonchev–Trinajstić information content (AvgIpc) is 2.50. The minimum Gasteiger partial charge on any atom is -0.327 e. The van der Waals surface area contributed by atoms with Crippen molar-refractivity contribution in [2.45, 2.75) is 36.5 Å². The van der Waals surface area contributed by atoms with Crippen molar-refractivity contribution in [1.82, 2.24) is 0 Å². The normalized spacial score (nSPS) is 13.0. The Hall–Kier alpha value is -1.65. The SMILES string of the molecule is CCC(N)Cc1ccccc1CS(=O)(=O)c1ccccc1. The van der Waals surface area contributed by atoms with Crippen LogP contribution in [0.15, 0.2) is 59.5 Å². The quantitative estimate of drug-likeness (QED) is 0.892. The zero-order chi connectivity index (χ0) is 15.3. The minimum absolute atomic E-state index is 0.0175. The Balaban J connectivity index is 2.28. The van der Waals surface area contributed by atoms with Crippen molar-refractivity contribution in [3.63, 3.8) is 0 Å². The first-order chi connectivity index (χ1) is 10.0. The molecule has 112 valence electrons. The van der Waals surface area contributed by atoms with Gasteiger partial charge >= 0.3 is 0 Å². The number of hydrogen-bond donors (Lipinski definition) is 1. The van der Waals surface area contributed by atoms with Gasteiger partial charge in [-0.05, 0) is 36.1 Å². The predicted octanol–water partition coefficient (Wildman–Crippen LogP) is 2.94. The van der Waals surface area contributed by atoms with Crippen molar-refractivity contribution in [3.8, 4) is 0 Å². The Kier molecular flexibility index (Phi) is 5.15. The molecule has 2 aromatic rings. The minimum atomic E-state index is -3.32. The van der Waals surface area contributed by atoms with Gasteiger partial charge in [-0.3, -0.25) is 0 Å². The molecule has 2 N–H and O–H groups in total. The average molecular weight is 303 g/mol. The third-order valence-electron chi connectivity index (χ3n) is 3.57. The molecule has 0 heterocycles. The van der Waals surface area contributed by atoms with Gasteiger partial charge in [0.05, 0.1) is 10.6 Å². The second-order valence-electron chi connectivity index (χ2n) is 5.21. The summed E-state index contributed by atoms with van der Waals surface area (Å²) >= 11 is 0. The standard InChI is InChI=1S/C17H21NO2S/c1-2-16(18)12-14-8-6-7-9-15(14)13-21(19,20)17-10-4-3-5-11-17/h3-11,16H,2,12-13,18H2,1H3. The molecule has 0 aliphatic rings. The fourth-order valence-corrected chi connectivity index (χ4v) is 3.67. The van der Waals surface area contributed by atoms with E-state index in [4.69, 9.17) is 5.73 Å². The van der Waals surface area contributed by atoms with Gasteiger partial charge in [-0.1, -0.05) is 49.4 Å². The molecule has 4 heteroatoms. The lowest BCUT2D eigenvalue weighted by atomic mass is 10.0. The lowest BCUT2D eigenvalue weighted by Gasteiger charge is -2.13. The summed E-state index contributed by atoms with van der Waals surface area (Å²) in [5.74, 6) is 0.0175. The van der Waals surface area contributed by atoms with Crippen LogP contribution in [-0.2, 0) is 22.0 Å². The molecule has 0 spiro atoms. The topological polar surface area (TPSA) is 60.2 Å². The summed E-state index contributed by atoms with van der Waals surface area (Å²) < 4.78 is 25.0. The van der Waals surface area contributed by atoms with Gasteiger partial charge in [0.15, 0.2) is 9.84 Å². The Morgan fingerprint density at radius 3 is 2.14 bits per heavy atom. The predicted molar refractivity (Wildman–Crippen MR) is 85.7 cm³/mol. The van der Waals surface area contributed by atoms with Crippen LogP contribution in [0.5, 0.6) is 0 Å². The summed E-state index contributed by atoms with van der Waals surface area (Å²) in [6, 6.07) is 16.3. The molecular weight excluding hydrogens is 282 g/mol. The van der Waals surface area contributed by atoms with Crippen molar-refractivity contribution in [1.29, 1.82) is 0 Å². The smallest absolute Gasteiger partial charge is 0.182 e. The second kappa shape index (κ2) is 6.87. The highest BCUT2D eigenvalue weighted by atomic mass is 32.2. The summed E-state index contributed by atoms with van der Waals surface area (Å²) in [4.78, 5) is 0.361. The molecule has 21 heavy (non-hydrogen) atoms. The zero-order valence-electron chi connectivity index (χ0n) is 12.2. The lowest BCUT2D eigenvalue weighted by molar-refractivity contribution is 0.594. The van der Waals surface area contributed by atoms with Crippen LogP contribution in [0.1, 0.15) is 24.5 Å². The van der Waals surface area contributed by atoms with Crippen LogP contribution < -0.4 is 5.73 Å². The Bertz CT molecular complexity index is 681. The van der Waals surface area contributed by atoms with Crippen molar-refractivity contribution in [3.05, 3.63) is 65.7 Å². The molecule has 0 aromatic heterocycles. The molecule has 0 fully saturated rings. The molecule has 1 atom stereocenters. The highest BCUT2D eigenvalue weighted by Crippen LogP contribution is 2.20. The fraction of sp³-hybridized carbons (Fsp3) is 0.294. The first-order valence-corrected chi connectivity index (χ1v) is 8.78. The maximum atomic E-state index is 12.5. The molecule has 1 unspecified atom stereocenters. The van der Waals surface area contributed by atoms with Crippen molar-refractivity contribution < 1.29 is 8.42 Å². The van der Waals surface area contributed by atoms with Crippen LogP contribution in [0, 0.1) is 0 Å². The van der Waals surface area contributed by atoms with E-state index in [0.717, 1.165) is 17.5 Å². The van der Waals surface area contributed by atoms with E-state index >= 15 is 0 Å². The molecule has 0 saturated carbocycles. The van der Waals surface area contributed by atoms with E-state index in [1.807, 2.05) is 37.3 Å². The van der Waals surface area contributed by atoms with E-state index in [9.17, 15) is 8.42 Å². The van der Waals surface area contributed by atoms with Gasteiger partial charge in [0, 0.05) is 6.04 Å². The summed E-state index contributed by atoms with van der Waals surface area (Å²) in [5.41, 5.74) is 7.86. The largest absolute Gasteiger partial charge is 0.327 e. The summed E-state index contributed by atoms with van der Waals surface area (Å²) in [6.07, 6.45) is 1.58. The molecule has 0 saturated heterocycles. The second-order valence-corrected chi connectivity index (χ2v) is 7.20. The van der Waals surface area contributed by atoms with E-state index in [1.54, 1.807) is 24.3 Å². The Labute approximate surface area is 126 Å². The summed E-state index contributed by atoms with van der Waals surface area (Å²) in [5, 5.41) is 0. The van der Waals surface area contributed by atoms with Crippen molar-refractivity contribution in [2.24, 2.45) is 5.73 Å². The third-order valence-corrected chi connectivity index (χ3v) is 5.25. The molecule has 0 amide bonds. The maximum absolute atomic E-state index is 12.5. The highest BCUT2D eigenvalue weighted by Gasteiger charge is 2.17. The number of sulfone groups is 1. The van der Waals surface area contributed by atoms with Crippen LogP contribution >= 0.6 is 0 Å². The highest BCUT2D eigenvalue weighted by molar-refractivity contribution is 7.90. The van der Waals surface area contributed by atoms with E-state index < -0.39 is 9.84 Å². The van der Waals surface area contributed by atoms with Gasteiger partial charge in [0.2, 0.25) is 0 Å². The maximum Gasteiger partial charge on any atom is 0.182 e. The fourth-order valence-electron chi connectivity index (χ4n) is 2.24. The number of rotatable bonds is 6. The molecule has 0 radical (unpaired) electrons. The molecular formula is C17H21NO2S. The number of benzene rings is 2. The van der Waals surface area contributed by atoms with E-state index in [2.05, 4.69) is 0 Å². The molecule has 2 rings (SSSR count). The zero-order valence-corrected chi connectivity index (χ0v) is 13.0. The Morgan fingerprint density at radius 2 is 1.52 bits per heavy atom. The van der Waals surface area contributed by atoms with Crippen molar-refractivity contribution >= 4 is 9.84 Å². The first-order valence-electron chi connectivity index (χ1n) is 7.13. The van der Waals surface area contributed by atoms with E-state index in [1.165, 1.54) is 0 Å². The van der Waals surface area contributed by atoms with Gasteiger partial charge in [-0.2, -0.15) is 0 Å². The third kappa shape index (κ3) is 4.16. The van der Waals surface area contributed by atoms with Gasteiger partial charge in [0.25, 0.3) is 0 Å². The molecule has 0 aliphatic heterocycles. The Morgan fingerprint density at radius 1 is 0.952 bits per heavy atom. The lowest BCUT2D eigenvalue weighted by Crippen LogP contribution is -2.22. The van der Waals surface area contributed by atoms with Gasteiger partial charge in [-0.25, -0.2) is 8.42 Å². The van der Waals surface area contributed by atoms with Gasteiger partial charge in [-0.15, -0.1) is 0 Å². The first kappa shape index (κ1) is 15.7.